The Labute approximate surface area is 144 Å². The van der Waals surface area contributed by atoms with Crippen molar-refractivity contribution in [2.45, 2.75) is 26.2 Å². The van der Waals surface area contributed by atoms with E-state index >= 15 is 0 Å². The van der Waals surface area contributed by atoms with Crippen LogP contribution in [0, 0.1) is 10.1 Å². The second-order valence-electron chi connectivity index (χ2n) is 5.44. The number of nitrogens with zero attached hydrogens (tertiary/aromatic N) is 1. The van der Waals surface area contributed by atoms with Crippen LogP contribution in [-0.4, -0.2) is 21.9 Å². The van der Waals surface area contributed by atoms with Gasteiger partial charge in [-0.1, -0.05) is 37.3 Å². The van der Waals surface area contributed by atoms with Crippen molar-refractivity contribution in [2.24, 2.45) is 0 Å². The van der Waals surface area contributed by atoms with E-state index in [0.717, 1.165) is 11.6 Å². The molecule has 2 aromatic rings. The molecule has 2 aromatic carbocycles. The standard InChI is InChI=1S/C18H18N2O5/c1-2-13-14(18(22)23)9-10-15(20(24)25)17(13)19-16(21)11-8-12-6-4-3-5-7-12/h3-7,9-10H,2,8,11H2,1H3,(H,19,21)(H,22,23). The lowest BCUT2D eigenvalue weighted by Crippen LogP contribution is -2.17. The minimum absolute atomic E-state index is 0.0366. The zero-order valence-corrected chi connectivity index (χ0v) is 13.7. The van der Waals surface area contributed by atoms with Crippen LogP contribution >= 0.6 is 0 Å². The molecule has 0 radical (unpaired) electrons. The Morgan fingerprint density at radius 3 is 2.40 bits per heavy atom. The van der Waals surface area contributed by atoms with Crippen LogP contribution in [0.15, 0.2) is 42.5 Å². The number of nitro groups is 1. The Bertz CT molecular complexity index is 803. The first-order chi connectivity index (χ1) is 11.9. The third kappa shape index (κ3) is 4.41. The number of hydrogen-bond acceptors (Lipinski definition) is 4. The molecule has 7 nitrogen and oxygen atoms in total. The van der Waals surface area contributed by atoms with E-state index in [4.69, 9.17) is 0 Å². The fourth-order valence-electron chi connectivity index (χ4n) is 2.60. The average molecular weight is 342 g/mol. The van der Waals surface area contributed by atoms with Crippen LogP contribution in [0.1, 0.15) is 34.8 Å². The monoisotopic (exact) mass is 342 g/mol. The first-order valence-corrected chi connectivity index (χ1v) is 7.81. The number of carboxylic acid groups (broad SMARTS) is 1. The fourth-order valence-corrected chi connectivity index (χ4v) is 2.60. The Morgan fingerprint density at radius 1 is 1.16 bits per heavy atom. The minimum Gasteiger partial charge on any atom is -0.478 e. The third-order valence-electron chi connectivity index (χ3n) is 3.82. The number of amides is 1. The smallest absolute Gasteiger partial charge is 0.336 e. The molecule has 25 heavy (non-hydrogen) atoms. The molecule has 0 aromatic heterocycles. The van der Waals surface area contributed by atoms with Crippen molar-refractivity contribution >= 4 is 23.3 Å². The number of aryl methyl sites for hydroxylation is 1. The summed E-state index contributed by atoms with van der Waals surface area (Å²) in [5.74, 6) is -1.59. The Hall–Kier alpha value is -3.22. The van der Waals surface area contributed by atoms with E-state index in [1.807, 2.05) is 30.3 Å². The van der Waals surface area contributed by atoms with Crippen LogP contribution < -0.4 is 5.32 Å². The average Bonchev–Trinajstić information content (AvgIpc) is 2.60. The molecule has 0 aliphatic heterocycles. The van der Waals surface area contributed by atoms with E-state index in [2.05, 4.69) is 5.32 Å². The molecule has 130 valence electrons. The summed E-state index contributed by atoms with van der Waals surface area (Å²) in [7, 11) is 0. The highest BCUT2D eigenvalue weighted by molar-refractivity contribution is 5.98. The highest BCUT2D eigenvalue weighted by Crippen LogP contribution is 2.32. The lowest BCUT2D eigenvalue weighted by atomic mass is 10.0. The van der Waals surface area contributed by atoms with Gasteiger partial charge >= 0.3 is 5.97 Å². The first-order valence-electron chi connectivity index (χ1n) is 7.81. The number of anilines is 1. The van der Waals surface area contributed by atoms with Crippen molar-refractivity contribution in [3.05, 3.63) is 69.3 Å². The van der Waals surface area contributed by atoms with E-state index < -0.39 is 16.8 Å². The molecule has 1 amide bonds. The number of hydrogen-bond donors (Lipinski definition) is 2. The number of carbonyl (C=O) groups is 2. The summed E-state index contributed by atoms with van der Waals surface area (Å²) in [5, 5.41) is 23.0. The molecular formula is C18H18N2O5. The molecule has 0 heterocycles. The molecule has 0 aliphatic rings. The van der Waals surface area contributed by atoms with Gasteiger partial charge in [0.25, 0.3) is 5.69 Å². The molecular weight excluding hydrogens is 324 g/mol. The van der Waals surface area contributed by atoms with Gasteiger partial charge < -0.3 is 10.4 Å². The molecule has 0 fully saturated rings. The number of benzene rings is 2. The number of rotatable bonds is 7. The highest BCUT2D eigenvalue weighted by Gasteiger charge is 2.24. The summed E-state index contributed by atoms with van der Waals surface area (Å²) < 4.78 is 0. The molecule has 0 spiro atoms. The first kappa shape index (κ1) is 18.1. The van der Waals surface area contributed by atoms with Crippen LogP contribution in [0.5, 0.6) is 0 Å². The Kier molecular flexibility index (Phi) is 5.84. The zero-order chi connectivity index (χ0) is 18.4. The van der Waals surface area contributed by atoms with E-state index in [-0.39, 0.29) is 35.3 Å². The summed E-state index contributed by atoms with van der Waals surface area (Å²) in [6.45, 7) is 1.69. The molecule has 0 aliphatic carbocycles. The van der Waals surface area contributed by atoms with E-state index in [0.29, 0.717) is 6.42 Å². The maximum Gasteiger partial charge on any atom is 0.336 e. The van der Waals surface area contributed by atoms with E-state index in [9.17, 15) is 24.8 Å². The number of carbonyl (C=O) groups excluding carboxylic acids is 1. The molecule has 0 saturated carbocycles. The van der Waals surface area contributed by atoms with Crippen LogP contribution in [0.3, 0.4) is 0 Å². The van der Waals surface area contributed by atoms with Crippen LogP contribution in [0.2, 0.25) is 0 Å². The fraction of sp³-hybridized carbons (Fsp3) is 0.222. The second-order valence-corrected chi connectivity index (χ2v) is 5.44. The van der Waals surface area contributed by atoms with Gasteiger partial charge in [0.05, 0.1) is 10.5 Å². The molecule has 7 heteroatoms. The van der Waals surface area contributed by atoms with Gasteiger partial charge in [-0.05, 0) is 30.0 Å². The number of carboxylic acids is 1. The summed E-state index contributed by atoms with van der Waals surface area (Å²) in [6.07, 6.45) is 0.875. The third-order valence-corrected chi connectivity index (χ3v) is 3.82. The maximum absolute atomic E-state index is 12.2. The highest BCUT2D eigenvalue weighted by atomic mass is 16.6. The topological polar surface area (TPSA) is 110 Å². The van der Waals surface area contributed by atoms with Crippen LogP contribution in [0.4, 0.5) is 11.4 Å². The predicted molar refractivity (Wildman–Crippen MR) is 92.8 cm³/mol. The number of nitro benzene ring substituents is 1. The summed E-state index contributed by atoms with van der Waals surface area (Å²) in [4.78, 5) is 34.2. The van der Waals surface area contributed by atoms with Crippen molar-refractivity contribution in [1.82, 2.24) is 0 Å². The van der Waals surface area contributed by atoms with Gasteiger partial charge in [0, 0.05) is 12.5 Å². The maximum atomic E-state index is 12.2. The van der Waals surface area contributed by atoms with Gasteiger partial charge in [0.15, 0.2) is 0 Å². The largest absolute Gasteiger partial charge is 0.478 e. The van der Waals surface area contributed by atoms with Gasteiger partial charge in [-0.25, -0.2) is 4.79 Å². The lowest BCUT2D eigenvalue weighted by molar-refractivity contribution is -0.384. The van der Waals surface area contributed by atoms with E-state index in [1.54, 1.807) is 6.92 Å². The Balaban J connectivity index is 2.26. The van der Waals surface area contributed by atoms with Crippen molar-refractivity contribution in [3.63, 3.8) is 0 Å². The summed E-state index contributed by atoms with van der Waals surface area (Å²) in [5.41, 5.74) is 0.823. The van der Waals surface area contributed by atoms with Crippen molar-refractivity contribution in [3.8, 4) is 0 Å². The lowest BCUT2D eigenvalue weighted by Gasteiger charge is -2.13. The summed E-state index contributed by atoms with van der Waals surface area (Å²) in [6, 6.07) is 11.7. The van der Waals surface area contributed by atoms with Crippen molar-refractivity contribution in [1.29, 1.82) is 0 Å². The van der Waals surface area contributed by atoms with Gasteiger partial charge in [0.2, 0.25) is 5.91 Å². The molecule has 2 rings (SSSR count). The molecule has 0 unspecified atom stereocenters. The molecule has 0 saturated heterocycles. The van der Waals surface area contributed by atoms with Crippen molar-refractivity contribution < 1.29 is 19.6 Å². The predicted octanol–water partition coefficient (Wildman–Crippen LogP) is 3.43. The van der Waals surface area contributed by atoms with Gasteiger partial charge in [-0.3, -0.25) is 14.9 Å². The number of aromatic carboxylic acids is 1. The van der Waals surface area contributed by atoms with Gasteiger partial charge in [-0.2, -0.15) is 0 Å². The van der Waals surface area contributed by atoms with Crippen LogP contribution in [-0.2, 0) is 17.6 Å². The van der Waals surface area contributed by atoms with Gasteiger partial charge in [-0.15, -0.1) is 0 Å². The molecule has 0 bridgehead atoms. The quantitative estimate of drug-likeness (QED) is 0.592. The normalized spacial score (nSPS) is 10.3. The van der Waals surface area contributed by atoms with Gasteiger partial charge in [0.1, 0.15) is 5.69 Å². The Morgan fingerprint density at radius 2 is 1.84 bits per heavy atom. The van der Waals surface area contributed by atoms with E-state index in [1.165, 1.54) is 6.07 Å². The summed E-state index contributed by atoms with van der Waals surface area (Å²) >= 11 is 0. The second kappa shape index (κ2) is 8.05. The molecule has 0 atom stereocenters. The van der Waals surface area contributed by atoms with Crippen LogP contribution in [0.25, 0.3) is 0 Å². The minimum atomic E-state index is -1.19. The van der Waals surface area contributed by atoms with Crippen molar-refractivity contribution in [2.75, 3.05) is 5.32 Å². The zero-order valence-electron chi connectivity index (χ0n) is 13.7. The molecule has 2 N–H and O–H groups in total. The number of nitrogens with one attached hydrogen (secondary N) is 1. The SMILES string of the molecule is CCc1c(C(=O)O)ccc([N+](=O)[O-])c1NC(=O)CCc1ccccc1.